The van der Waals surface area contributed by atoms with Crippen LogP contribution in [0.25, 0.3) is 0 Å². The van der Waals surface area contributed by atoms with Gasteiger partial charge >= 0.3 is 0 Å². The monoisotopic (exact) mass is 333 g/mol. The highest BCUT2D eigenvalue weighted by atomic mass is 35.5. The minimum absolute atomic E-state index is 0.0958. The Labute approximate surface area is 131 Å². The summed E-state index contributed by atoms with van der Waals surface area (Å²) in [7, 11) is 0. The van der Waals surface area contributed by atoms with Crippen molar-refractivity contribution in [2.45, 2.75) is 6.10 Å². The highest BCUT2D eigenvalue weighted by molar-refractivity contribution is 6.44. The molecule has 2 rings (SSSR count). The van der Waals surface area contributed by atoms with Crippen LogP contribution in [0.1, 0.15) is 11.7 Å². The Kier molecular flexibility index (Phi) is 5.11. The van der Waals surface area contributed by atoms with Crippen LogP contribution >= 0.6 is 34.8 Å². The zero-order chi connectivity index (χ0) is 14.7. The summed E-state index contributed by atoms with van der Waals surface area (Å²) in [4.78, 5) is 0. The maximum absolute atomic E-state index is 13.5. The van der Waals surface area contributed by atoms with Crippen LogP contribution in [0.5, 0.6) is 0 Å². The first-order valence-electron chi connectivity index (χ1n) is 5.80. The summed E-state index contributed by atoms with van der Waals surface area (Å²) < 4.78 is 13.5. The number of aliphatic hydroxyl groups is 1. The molecule has 0 amide bonds. The Bertz CT molecular complexity index is 621. The minimum atomic E-state index is -0.998. The third-order valence-corrected chi connectivity index (χ3v) is 3.79. The second kappa shape index (κ2) is 6.64. The Morgan fingerprint density at radius 2 is 1.70 bits per heavy atom. The topological polar surface area (TPSA) is 32.3 Å². The number of aliphatic hydroxyl groups excluding tert-OH is 1. The van der Waals surface area contributed by atoms with E-state index in [1.165, 1.54) is 18.2 Å². The van der Waals surface area contributed by atoms with Gasteiger partial charge in [-0.3, -0.25) is 0 Å². The zero-order valence-electron chi connectivity index (χ0n) is 10.2. The molecule has 0 bridgehead atoms. The van der Waals surface area contributed by atoms with Crippen molar-refractivity contribution in [3.05, 3.63) is 62.8 Å². The molecule has 6 heteroatoms. The molecule has 0 aromatic heterocycles. The summed E-state index contributed by atoms with van der Waals surface area (Å²) in [6.07, 6.45) is -0.998. The van der Waals surface area contributed by atoms with Crippen LogP contribution in [0.2, 0.25) is 15.1 Å². The SMILES string of the molecule is OC(CNc1cc(Cl)c(Cl)cc1Cl)c1ccccc1F. The average Bonchev–Trinajstić information content (AvgIpc) is 2.41. The summed E-state index contributed by atoms with van der Waals surface area (Å²) in [5.41, 5.74) is 0.743. The largest absolute Gasteiger partial charge is 0.386 e. The first-order chi connectivity index (χ1) is 9.49. The molecular weight excluding hydrogens is 324 g/mol. The van der Waals surface area contributed by atoms with Crippen LogP contribution in [0.4, 0.5) is 10.1 Å². The van der Waals surface area contributed by atoms with Gasteiger partial charge in [-0.1, -0.05) is 53.0 Å². The van der Waals surface area contributed by atoms with E-state index < -0.39 is 11.9 Å². The average molecular weight is 335 g/mol. The van der Waals surface area contributed by atoms with Crippen molar-refractivity contribution < 1.29 is 9.50 Å². The predicted octanol–water partition coefficient (Wildman–Crippen LogP) is 4.93. The van der Waals surface area contributed by atoms with Gasteiger partial charge in [-0.2, -0.15) is 0 Å². The van der Waals surface area contributed by atoms with E-state index in [0.717, 1.165) is 0 Å². The van der Waals surface area contributed by atoms with Crippen molar-refractivity contribution in [2.75, 3.05) is 11.9 Å². The highest BCUT2D eigenvalue weighted by Crippen LogP contribution is 2.32. The number of hydrogen-bond donors (Lipinski definition) is 2. The fraction of sp³-hybridized carbons (Fsp3) is 0.143. The van der Waals surface area contributed by atoms with Crippen molar-refractivity contribution in [3.8, 4) is 0 Å². The summed E-state index contributed by atoms with van der Waals surface area (Å²) in [5, 5.41) is 14.0. The fourth-order valence-electron chi connectivity index (χ4n) is 1.72. The Hall–Kier alpha value is -1.00. The van der Waals surface area contributed by atoms with Gasteiger partial charge in [-0.25, -0.2) is 4.39 Å². The molecule has 0 saturated carbocycles. The number of hydrogen-bond acceptors (Lipinski definition) is 2. The van der Waals surface area contributed by atoms with E-state index in [1.54, 1.807) is 18.2 Å². The van der Waals surface area contributed by atoms with Crippen LogP contribution < -0.4 is 5.32 Å². The lowest BCUT2D eigenvalue weighted by Crippen LogP contribution is -2.13. The van der Waals surface area contributed by atoms with Crippen molar-refractivity contribution in [1.82, 2.24) is 0 Å². The summed E-state index contributed by atoms with van der Waals surface area (Å²) in [6.45, 7) is 0.0958. The molecule has 0 fully saturated rings. The first-order valence-corrected chi connectivity index (χ1v) is 6.93. The molecule has 2 aromatic rings. The molecule has 106 valence electrons. The predicted molar refractivity (Wildman–Crippen MR) is 81.3 cm³/mol. The van der Waals surface area contributed by atoms with E-state index in [1.807, 2.05) is 0 Å². The van der Waals surface area contributed by atoms with Gasteiger partial charge in [0.25, 0.3) is 0 Å². The van der Waals surface area contributed by atoms with Gasteiger partial charge in [0.15, 0.2) is 0 Å². The molecule has 0 saturated heterocycles. The van der Waals surface area contributed by atoms with Gasteiger partial charge in [0.1, 0.15) is 5.82 Å². The Balaban J connectivity index is 2.09. The van der Waals surface area contributed by atoms with Gasteiger partial charge < -0.3 is 10.4 Å². The molecular formula is C14H11Cl3FNO. The van der Waals surface area contributed by atoms with E-state index >= 15 is 0 Å². The molecule has 0 spiro atoms. The molecule has 1 unspecified atom stereocenters. The van der Waals surface area contributed by atoms with Crippen LogP contribution in [0, 0.1) is 5.82 Å². The number of nitrogens with one attached hydrogen (secondary N) is 1. The standard InChI is InChI=1S/C14H11Cl3FNO/c15-9-5-11(17)13(6-10(9)16)19-7-14(20)8-3-1-2-4-12(8)18/h1-6,14,19-20H,7H2. The third kappa shape index (κ3) is 3.55. The lowest BCUT2D eigenvalue weighted by atomic mass is 10.1. The van der Waals surface area contributed by atoms with Gasteiger partial charge in [-0.05, 0) is 18.2 Å². The molecule has 0 aliphatic rings. The molecule has 2 N–H and O–H groups in total. The molecule has 0 radical (unpaired) electrons. The highest BCUT2D eigenvalue weighted by Gasteiger charge is 2.13. The van der Waals surface area contributed by atoms with Crippen molar-refractivity contribution in [1.29, 1.82) is 0 Å². The summed E-state index contributed by atoms with van der Waals surface area (Å²) in [6, 6.07) is 9.11. The molecule has 1 atom stereocenters. The Morgan fingerprint density at radius 3 is 2.40 bits per heavy atom. The van der Waals surface area contributed by atoms with Crippen molar-refractivity contribution in [3.63, 3.8) is 0 Å². The maximum atomic E-state index is 13.5. The van der Waals surface area contributed by atoms with Gasteiger partial charge in [0.2, 0.25) is 0 Å². The molecule has 0 aliphatic carbocycles. The number of rotatable bonds is 4. The summed E-state index contributed by atoms with van der Waals surface area (Å²) >= 11 is 17.7. The zero-order valence-corrected chi connectivity index (χ0v) is 12.5. The quantitative estimate of drug-likeness (QED) is 0.777. The second-order valence-corrected chi connectivity index (χ2v) is 5.39. The number of anilines is 1. The molecule has 2 nitrogen and oxygen atoms in total. The fourth-order valence-corrected chi connectivity index (χ4v) is 2.33. The van der Waals surface area contributed by atoms with Crippen molar-refractivity contribution in [2.24, 2.45) is 0 Å². The van der Waals surface area contributed by atoms with Crippen LogP contribution in [0.15, 0.2) is 36.4 Å². The van der Waals surface area contributed by atoms with Crippen LogP contribution in [-0.2, 0) is 0 Å². The lowest BCUT2D eigenvalue weighted by Gasteiger charge is -2.15. The van der Waals surface area contributed by atoms with Gasteiger partial charge in [0.05, 0.1) is 26.9 Å². The molecule has 0 heterocycles. The molecule has 0 aliphatic heterocycles. The van der Waals surface area contributed by atoms with Gasteiger partial charge in [-0.15, -0.1) is 0 Å². The Morgan fingerprint density at radius 1 is 1.05 bits per heavy atom. The first kappa shape index (κ1) is 15.4. The normalized spacial score (nSPS) is 12.2. The van der Waals surface area contributed by atoms with Gasteiger partial charge in [0, 0.05) is 12.1 Å². The maximum Gasteiger partial charge on any atom is 0.129 e. The van der Waals surface area contributed by atoms with E-state index in [4.69, 9.17) is 34.8 Å². The third-order valence-electron chi connectivity index (χ3n) is 2.76. The van der Waals surface area contributed by atoms with Crippen molar-refractivity contribution >= 4 is 40.5 Å². The molecule has 20 heavy (non-hydrogen) atoms. The van der Waals surface area contributed by atoms with E-state index in [2.05, 4.69) is 5.32 Å². The minimum Gasteiger partial charge on any atom is -0.386 e. The van der Waals surface area contributed by atoms with Crippen LogP contribution in [-0.4, -0.2) is 11.7 Å². The van der Waals surface area contributed by atoms with E-state index in [9.17, 15) is 9.50 Å². The van der Waals surface area contributed by atoms with Crippen LogP contribution in [0.3, 0.4) is 0 Å². The second-order valence-electron chi connectivity index (χ2n) is 4.16. The van der Waals surface area contributed by atoms with E-state index in [-0.39, 0.29) is 12.1 Å². The number of halogens is 4. The number of benzene rings is 2. The lowest BCUT2D eigenvalue weighted by molar-refractivity contribution is 0.186. The smallest absolute Gasteiger partial charge is 0.129 e. The van der Waals surface area contributed by atoms with E-state index in [0.29, 0.717) is 20.8 Å². The molecule has 2 aromatic carbocycles. The summed E-state index contributed by atoms with van der Waals surface area (Å²) in [5.74, 6) is -0.456.